The van der Waals surface area contributed by atoms with Gasteiger partial charge in [0.25, 0.3) is 0 Å². The molecule has 0 aliphatic carbocycles. The van der Waals surface area contributed by atoms with Crippen molar-refractivity contribution in [1.82, 2.24) is 10.6 Å². The van der Waals surface area contributed by atoms with Crippen LogP contribution < -0.4 is 24.8 Å². The van der Waals surface area contributed by atoms with E-state index >= 15 is 0 Å². The molecular weight excluding hydrogens is 296 g/mol. The van der Waals surface area contributed by atoms with Crippen molar-refractivity contribution < 1.29 is 19.0 Å². The molecule has 6 heteroatoms. The number of methoxy groups -OCH3 is 3. The Hall–Kier alpha value is -1.95. The van der Waals surface area contributed by atoms with E-state index in [9.17, 15) is 4.79 Å². The van der Waals surface area contributed by atoms with Gasteiger partial charge in [0.15, 0.2) is 11.5 Å². The summed E-state index contributed by atoms with van der Waals surface area (Å²) in [5.74, 6) is 2.18. The number of hydrogen-bond acceptors (Lipinski definition) is 5. The third kappa shape index (κ3) is 4.76. The van der Waals surface area contributed by atoms with Gasteiger partial charge in [0, 0.05) is 6.54 Å². The standard InChI is InChI=1S/C17H26N2O4/c1-21-14-7-13(8-15(22-2)17(14)23-3)9-16(20)19-11-12-5-4-6-18-10-12/h7-8,12,18H,4-6,9-11H2,1-3H3,(H,19,20). The lowest BCUT2D eigenvalue weighted by Gasteiger charge is -2.22. The summed E-state index contributed by atoms with van der Waals surface area (Å²) < 4.78 is 15.9. The third-order valence-electron chi connectivity index (χ3n) is 4.08. The Morgan fingerprint density at radius 1 is 1.22 bits per heavy atom. The van der Waals surface area contributed by atoms with Gasteiger partial charge in [-0.05, 0) is 49.5 Å². The molecule has 1 atom stereocenters. The van der Waals surface area contributed by atoms with Gasteiger partial charge in [-0.3, -0.25) is 4.79 Å². The van der Waals surface area contributed by atoms with E-state index in [2.05, 4.69) is 10.6 Å². The van der Waals surface area contributed by atoms with Crippen LogP contribution in [-0.4, -0.2) is 46.9 Å². The molecule has 1 amide bonds. The second kappa shape index (κ2) is 8.62. The lowest BCUT2D eigenvalue weighted by molar-refractivity contribution is -0.120. The minimum Gasteiger partial charge on any atom is -0.493 e. The van der Waals surface area contributed by atoms with Crippen LogP contribution in [0.5, 0.6) is 17.2 Å². The minimum absolute atomic E-state index is 0.00449. The first-order valence-electron chi connectivity index (χ1n) is 7.94. The number of carbonyl (C=O) groups excluding carboxylic acids is 1. The molecule has 1 aliphatic rings. The first kappa shape index (κ1) is 17.4. The molecular formula is C17H26N2O4. The fourth-order valence-corrected chi connectivity index (χ4v) is 2.84. The fourth-order valence-electron chi connectivity index (χ4n) is 2.84. The van der Waals surface area contributed by atoms with Crippen LogP contribution >= 0.6 is 0 Å². The lowest BCUT2D eigenvalue weighted by atomic mass is 9.99. The number of amides is 1. The summed E-state index contributed by atoms with van der Waals surface area (Å²) in [6.07, 6.45) is 2.63. The highest BCUT2D eigenvalue weighted by Crippen LogP contribution is 2.38. The molecule has 128 valence electrons. The molecule has 0 spiro atoms. The van der Waals surface area contributed by atoms with Crippen LogP contribution in [0.25, 0.3) is 0 Å². The van der Waals surface area contributed by atoms with Crippen molar-refractivity contribution in [3.05, 3.63) is 17.7 Å². The van der Waals surface area contributed by atoms with Crippen molar-refractivity contribution in [1.29, 1.82) is 0 Å². The number of ether oxygens (including phenoxy) is 3. The van der Waals surface area contributed by atoms with Crippen LogP contribution in [0.4, 0.5) is 0 Å². The van der Waals surface area contributed by atoms with E-state index < -0.39 is 0 Å². The van der Waals surface area contributed by atoms with Gasteiger partial charge in [0.2, 0.25) is 11.7 Å². The Morgan fingerprint density at radius 3 is 2.43 bits per heavy atom. The second-order valence-corrected chi connectivity index (χ2v) is 5.73. The monoisotopic (exact) mass is 322 g/mol. The van der Waals surface area contributed by atoms with Crippen molar-refractivity contribution in [3.63, 3.8) is 0 Å². The highest BCUT2D eigenvalue weighted by molar-refractivity contribution is 5.79. The molecule has 2 N–H and O–H groups in total. The van der Waals surface area contributed by atoms with Gasteiger partial charge in [-0.2, -0.15) is 0 Å². The molecule has 0 aromatic heterocycles. The van der Waals surface area contributed by atoms with Gasteiger partial charge in [-0.25, -0.2) is 0 Å². The highest BCUT2D eigenvalue weighted by Gasteiger charge is 2.16. The van der Waals surface area contributed by atoms with Crippen molar-refractivity contribution in [3.8, 4) is 17.2 Å². The van der Waals surface area contributed by atoms with Gasteiger partial charge >= 0.3 is 0 Å². The van der Waals surface area contributed by atoms with Gasteiger partial charge in [-0.1, -0.05) is 0 Å². The van der Waals surface area contributed by atoms with Gasteiger partial charge < -0.3 is 24.8 Å². The van der Waals surface area contributed by atoms with E-state index in [0.29, 0.717) is 23.2 Å². The zero-order valence-electron chi connectivity index (χ0n) is 14.1. The largest absolute Gasteiger partial charge is 0.493 e. The van der Waals surface area contributed by atoms with Crippen LogP contribution in [0, 0.1) is 5.92 Å². The Labute approximate surface area is 137 Å². The highest BCUT2D eigenvalue weighted by atomic mass is 16.5. The zero-order valence-corrected chi connectivity index (χ0v) is 14.1. The summed E-state index contributed by atoms with van der Waals surface area (Å²) in [5.41, 5.74) is 0.832. The van der Waals surface area contributed by atoms with Crippen LogP contribution in [-0.2, 0) is 11.2 Å². The summed E-state index contributed by atoms with van der Waals surface area (Å²) in [7, 11) is 4.69. The first-order chi connectivity index (χ1) is 11.2. The number of hydrogen-bond donors (Lipinski definition) is 2. The predicted octanol–water partition coefficient (Wildman–Crippen LogP) is 1.37. The normalized spacial score (nSPS) is 17.4. The maximum Gasteiger partial charge on any atom is 0.224 e. The molecule has 1 aliphatic heterocycles. The van der Waals surface area contributed by atoms with Crippen LogP contribution in [0.2, 0.25) is 0 Å². The maximum absolute atomic E-state index is 12.2. The second-order valence-electron chi connectivity index (χ2n) is 5.73. The van der Waals surface area contributed by atoms with E-state index in [4.69, 9.17) is 14.2 Å². The van der Waals surface area contributed by atoms with Crippen molar-refractivity contribution in [2.24, 2.45) is 5.92 Å². The average Bonchev–Trinajstić information content (AvgIpc) is 2.59. The summed E-state index contributed by atoms with van der Waals surface area (Å²) in [6, 6.07) is 3.62. The van der Waals surface area contributed by atoms with E-state index in [1.165, 1.54) is 6.42 Å². The van der Waals surface area contributed by atoms with E-state index in [1.807, 2.05) is 12.1 Å². The Kier molecular flexibility index (Phi) is 6.52. The number of nitrogens with one attached hydrogen (secondary N) is 2. The quantitative estimate of drug-likeness (QED) is 0.793. The van der Waals surface area contributed by atoms with Crippen molar-refractivity contribution in [2.45, 2.75) is 19.3 Å². The summed E-state index contributed by atoms with van der Waals surface area (Å²) in [5, 5.41) is 6.37. The maximum atomic E-state index is 12.2. The zero-order chi connectivity index (χ0) is 16.7. The number of carbonyl (C=O) groups is 1. The van der Waals surface area contributed by atoms with Crippen molar-refractivity contribution in [2.75, 3.05) is 41.0 Å². The molecule has 1 heterocycles. The minimum atomic E-state index is 0.00449. The summed E-state index contributed by atoms with van der Waals surface area (Å²) in [6.45, 7) is 2.77. The smallest absolute Gasteiger partial charge is 0.224 e. The van der Waals surface area contributed by atoms with Crippen LogP contribution in [0.15, 0.2) is 12.1 Å². The molecule has 0 saturated carbocycles. The molecule has 1 fully saturated rings. The molecule has 6 nitrogen and oxygen atoms in total. The number of piperidine rings is 1. The first-order valence-corrected chi connectivity index (χ1v) is 7.94. The Bertz CT molecular complexity index is 502. The molecule has 0 radical (unpaired) electrons. The lowest BCUT2D eigenvalue weighted by Crippen LogP contribution is -2.38. The van der Waals surface area contributed by atoms with E-state index in [1.54, 1.807) is 21.3 Å². The van der Waals surface area contributed by atoms with Gasteiger partial charge in [0.05, 0.1) is 27.8 Å². The number of rotatable bonds is 7. The van der Waals surface area contributed by atoms with Gasteiger partial charge in [-0.15, -0.1) is 0 Å². The summed E-state index contributed by atoms with van der Waals surface area (Å²) >= 11 is 0. The number of benzene rings is 1. The Morgan fingerprint density at radius 2 is 1.91 bits per heavy atom. The summed E-state index contributed by atoms with van der Waals surface area (Å²) in [4.78, 5) is 12.2. The molecule has 1 unspecified atom stereocenters. The average molecular weight is 322 g/mol. The third-order valence-corrected chi connectivity index (χ3v) is 4.08. The molecule has 2 rings (SSSR count). The van der Waals surface area contributed by atoms with E-state index in [0.717, 1.165) is 31.6 Å². The molecule has 0 bridgehead atoms. The molecule has 23 heavy (non-hydrogen) atoms. The molecule has 1 aromatic carbocycles. The topological polar surface area (TPSA) is 68.8 Å². The van der Waals surface area contributed by atoms with Crippen LogP contribution in [0.1, 0.15) is 18.4 Å². The molecule has 1 saturated heterocycles. The predicted molar refractivity (Wildman–Crippen MR) is 88.4 cm³/mol. The van der Waals surface area contributed by atoms with Gasteiger partial charge in [0.1, 0.15) is 0 Å². The SMILES string of the molecule is COc1cc(CC(=O)NCC2CCCNC2)cc(OC)c1OC. The Balaban J connectivity index is 1.96. The fraction of sp³-hybridized carbons (Fsp3) is 0.588. The molecule has 1 aromatic rings. The van der Waals surface area contributed by atoms with Crippen LogP contribution in [0.3, 0.4) is 0 Å². The van der Waals surface area contributed by atoms with E-state index in [-0.39, 0.29) is 12.3 Å². The van der Waals surface area contributed by atoms with Crippen molar-refractivity contribution >= 4 is 5.91 Å².